The van der Waals surface area contributed by atoms with Crippen LogP contribution in [0.4, 0.5) is 0 Å². The zero-order valence-electron chi connectivity index (χ0n) is 9.82. The molecule has 88 valence electrons. The van der Waals surface area contributed by atoms with E-state index in [1.165, 1.54) is 12.8 Å². The Hall–Kier alpha value is -0.670. The summed E-state index contributed by atoms with van der Waals surface area (Å²) < 4.78 is 0. The quantitative estimate of drug-likeness (QED) is 0.679. The van der Waals surface area contributed by atoms with Gasteiger partial charge in [-0.3, -0.25) is 4.79 Å². The summed E-state index contributed by atoms with van der Waals surface area (Å²) in [5.74, 6) is 0.307. The van der Waals surface area contributed by atoms with E-state index in [4.69, 9.17) is 0 Å². The van der Waals surface area contributed by atoms with Gasteiger partial charge in [0.25, 0.3) is 0 Å². The van der Waals surface area contributed by atoms with E-state index in [0.29, 0.717) is 12.2 Å². The Morgan fingerprint density at radius 2 is 2.38 bits per heavy atom. The smallest absolute Gasteiger partial charge is 0.172 e. The molecule has 2 nitrogen and oxygen atoms in total. The molecule has 0 N–H and O–H groups in total. The summed E-state index contributed by atoms with van der Waals surface area (Å²) in [6.45, 7) is 4.41. The van der Waals surface area contributed by atoms with E-state index in [0.717, 1.165) is 30.4 Å². The second-order valence-corrected chi connectivity index (χ2v) is 5.31. The van der Waals surface area contributed by atoms with E-state index >= 15 is 0 Å². The Balaban J connectivity index is 1.69. The van der Waals surface area contributed by atoms with E-state index < -0.39 is 0 Å². The first kappa shape index (κ1) is 11.8. The predicted molar refractivity (Wildman–Crippen MR) is 68.2 cm³/mol. The van der Waals surface area contributed by atoms with Gasteiger partial charge in [-0.15, -0.1) is 11.3 Å². The molecule has 0 atom stereocenters. The second-order valence-electron chi connectivity index (χ2n) is 4.36. The maximum Gasteiger partial charge on any atom is 0.172 e. The largest absolute Gasteiger partial charge is 0.301 e. The van der Waals surface area contributed by atoms with Gasteiger partial charge in [-0.25, -0.2) is 0 Å². The molecule has 16 heavy (non-hydrogen) atoms. The number of thiophene rings is 1. The van der Waals surface area contributed by atoms with Crippen LogP contribution in [0.25, 0.3) is 0 Å². The van der Waals surface area contributed by atoms with E-state index in [1.807, 2.05) is 17.5 Å². The van der Waals surface area contributed by atoms with Crippen molar-refractivity contribution >= 4 is 17.1 Å². The highest BCUT2D eigenvalue weighted by Gasteiger charge is 2.27. The SMILES string of the molecule is CCN(CCCC(=O)c1cccs1)C1CC1. The van der Waals surface area contributed by atoms with E-state index in [2.05, 4.69) is 11.8 Å². The number of nitrogens with zero attached hydrogens (tertiary/aromatic N) is 1. The maximum atomic E-state index is 11.8. The molecule has 0 aliphatic heterocycles. The molecule has 1 heterocycles. The fraction of sp³-hybridized carbons (Fsp3) is 0.615. The van der Waals surface area contributed by atoms with Gasteiger partial charge < -0.3 is 4.90 Å². The molecule has 0 unspecified atom stereocenters. The van der Waals surface area contributed by atoms with E-state index in [-0.39, 0.29) is 0 Å². The number of hydrogen-bond donors (Lipinski definition) is 0. The number of ketones is 1. The van der Waals surface area contributed by atoms with Crippen LogP contribution < -0.4 is 0 Å². The van der Waals surface area contributed by atoms with Crippen LogP contribution in [0.1, 0.15) is 42.3 Å². The molecule has 1 aromatic rings. The van der Waals surface area contributed by atoms with Crippen LogP contribution in [0, 0.1) is 0 Å². The Morgan fingerprint density at radius 1 is 1.56 bits per heavy atom. The molecule has 1 aliphatic rings. The molecule has 0 spiro atoms. The van der Waals surface area contributed by atoms with Gasteiger partial charge in [-0.05, 0) is 43.8 Å². The summed E-state index contributed by atoms with van der Waals surface area (Å²) in [6.07, 6.45) is 4.41. The number of carbonyl (C=O) groups is 1. The summed E-state index contributed by atoms with van der Waals surface area (Å²) in [6, 6.07) is 4.69. The van der Waals surface area contributed by atoms with Crippen molar-refractivity contribution in [2.75, 3.05) is 13.1 Å². The topological polar surface area (TPSA) is 20.3 Å². The normalized spacial score (nSPS) is 15.6. The van der Waals surface area contributed by atoms with Crippen molar-refractivity contribution in [1.82, 2.24) is 4.90 Å². The van der Waals surface area contributed by atoms with Gasteiger partial charge in [0.15, 0.2) is 5.78 Å². The third-order valence-electron chi connectivity index (χ3n) is 3.11. The Labute approximate surface area is 101 Å². The lowest BCUT2D eigenvalue weighted by Crippen LogP contribution is -2.27. The highest BCUT2D eigenvalue weighted by molar-refractivity contribution is 7.12. The number of rotatable bonds is 7. The minimum atomic E-state index is 0.307. The van der Waals surface area contributed by atoms with Crippen molar-refractivity contribution in [1.29, 1.82) is 0 Å². The fourth-order valence-corrected chi connectivity index (χ4v) is 2.74. The molecule has 1 aromatic heterocycles. The van der Waals surface area contributed by atoms with Crippen LogP contribution >= 0.6 is 11.3 Å². The zero-order chi connectivity index (χ0) is 11.4. The molecule has 0 aromatic carbocycles. The van der Waals surface area contributed by atoms with Crippen LogP contribution in [0.3, 0.4) is 0 Å². The van der Waals surface area contributed by atoms with E-state index in [1.54, 1.807) is 11.3 Å². The van der Waals surface area contributed by atoms with Crippen LogP contribution in [0.15, 0.2) is 17.5 Å². The predicted octanol–water partition coefficient (Wildman–Crippen LogP) is 3.20. The fourth-order valence-electron chi connectivity index (χ4n) is 2.04. The van der Waals surface area contributed by atoms with Crippen LogP contribution in [-0.2, 0) is 0 Å². The first-order valence-corrected chi connectivity index (χ1v) is 7.00. The van der Waals surface area contributed by atoms with Crippen molar-refractivity contribution in [3.8, 4) is 0 Å². The van der Waals surface area contributed by atoms with Crippen LogP contribution in [0.2, 0.25) is 0 Å². The molecule has 0 saturated heterocycles. The van der Waals surface area contributed by atoms with Crippen molar-refractivity contribution in [2.45, 2.75) is 38.6 Å². The van der Waals surface area contributed by atoms with Crippen molar-refractivity contribution < 1.29 is 4.79 Å². The molecule has 1 fully saturated rings. The summed E-state index contributed by atoms with van der Waals surface area (Å²) in [5.41, 5.74) is 0. The molecular formula is C13H19NOS. The number of Topliss-reactive ketones (excluding diaryl/α,β-unsaturated/α-hetero) is 1. The van der Waals surface area contributed by atoms with Gasteiger partial charge >= 0.3 is 0 Å². The Morgan fingerprint density at radius 3 is 2.94 bits per heavy atom. The van der Waals surface area contributed by atoms with Crippen LogP contribution in [0.5, 0.6) is 0 Å². The standard InChI is InChI=1S/C13H19NOS/c1-2-14(11-7-8-11)9-3-5-12(15)13-6-4-10-16-13/h4,6,10-11H,2-3,5,7-9H2,1H3. The Kier molecular flexibility index (Phi) is 4.13. The average Bonchev–Trinajstić information content (AvgIpc) is 2.97. The lowest BCUT2D eigenvalue weighted by molar-refractivity contribution is 0.0978. The lowest BCUT2D eigenvalue weighted by atomic mass is 10.2. The lowest BCUT2D eigenvalue weighted by Gasteiger charge is -2.18. The van der Waals surface area contributed by atoms with Gasteiger partial charge in [0.2, 0.25) is 0 Å². The van der Waals surface area contributed by atoms with Crippen molar-refractivity contribution in [3.63, 3.8) is 0 Å². The molecule has 0 bridgehead atoms. The number of carbonyl (C=O) groups excluding carboxylic acids is 1. The second kappa shape index (κ2) is 5.60. The summed E-state index contributed by atoms with van der Waals surface area (Å²) >= 11 is 1.55. The monoisotopic (exact) mass is 237 g/mol. The minimum absolute atomic E-state index is 0.307. The molecule has 1 saturated carbocycles. The highest BCUT2D eigenvalue weighted by atomic mass is 32.1. The average molecular weight is 237 g/mol. The van der Waals surface area contributed by atoms with Crippen LogP contribution in [-0.4, -0.2) is 29.8 Å². The summed E-state index contributed by atoms with van der Waals surface area (Å²) in [5, 5.41) is 1.97. The molecule has 0 amide bonds. The molecular weight excluding hydrogens is 218 g/mol. The molecule has 2 rings (SSSR count). The first-order valence-electron chi connectivity index (χ1n) is 6.12. The zero-order valence-corrected chi connectivity index (χ0v) is 10.6. The minimum Gasteiger partial charge on any atom is -0.301 e. The van der Waals surface area contributed by atoms with Crippen molar-refractivity contribution in [3.05, 3.63) is 22.4 Å². The van der Waals surface area contributed by atoms with E-state index in [9.17, 15) is 4.79 Å². The van der Waals surface area contributed by atoms with Crippen molar-refractivity contribution in [2.24, 2.45) is 0 Å². The molecule has 1 aliphatic carbocycles. The van der Waals surface area contributed by atoms with Gasteiger partial charge in [0.1, 0.15) is 0 Å². The third kappa shape index (κ3) is 3.16. The summed E-state index contributed by atoms with van der Waals surface area (Å²) in [4.78, 5) is 15.2. The maximum absolute atomic E-state index is 11.8. The third-order valence-corrected chi connectivity index (χ3v) is 4.03. The van der Waals surface area contributed by atoms with Gasteiger partial charge in [0.05, 0.1) is 4.88 Å². The first-order chi connectivity index (χ1) is 7.81. The summed E-state index contributed by atoms with van der Waals surface area (Å²) in [7, 11) is 0. The highest BCUT2D eigenvalue weighted by Crippen LogP contribution is 2.26. The van der Waals surface area contributed by atoms with Gasteiger partial charge in [0, 0.05) is 12.5 Å². The molecule has 3 heteroatoms. The Bertz CT molecular complexity index is 330. The van der Waals surface area contributed by atoms with Gasteiger partial charge in [-0.2, -0.15) is 0 Å². The number of hydrogen-bond acceptors (Lipinski definition) is 3. The van der Waals surface area contributed by atoms with Gasteiger partial charge in [-0.1, -0.05) is 13.0 Å². The molecule has 0 radical (unpaired) electrons.